The van der Waals surface area contributed by atoms with Gasteiger partial charge in [-0.25, -0.2) is 14.8 Å². The largest absolute Gasteiger partial charge is 0.465 e. The molecule has 0 saturated carbocycles. The first-order valence-corrected chi connectivity index (χ1v) is 16.9. The van der Waals surface area contributed by atoms with E-state index in [0.717, 1.165) is 87.2 Å². The van der Waals surface area contributed by atoms with Crippen LogP contribution < -0.4 is 10.6 Å². The number of hydrogen-bond acceptors (Lipinski definition) is 5. The van der Waals surface area contributed by atoms with E-state index in [-0.39, 0.29) is 17.9 Å². The average Bonchev–Trinajstić information content (AvgIpc) is 3.91. The van der Waals surface area contributed by atoms with Crippen molar-refractivity contribution in [2.24, 2.45) is 5.92 Å². The molecule has 0 bridgehead atoms. The van der Waals surface area contributed by atoms with Gasteiger partial charge < -0.3 is 30.6 Å². The minimum absolute atomic E-state index is 0.166. The lowest BCUT2D eigenvalue weighted by Gasteiger charge is -2.29. The van der Waals surface area contributed by atoms with Gasteiger partial charge in [0.1, 0.15) is 17.7 Å². The quantitative estimate of drug-likeness (QED) is 0.124. The number of rotatable bonds is 7. The van der Waals surface area contributed by atoms with Gasteiger partial charge in [0.2, 0.25) is 5.91 Å². The summed E-state index contributed by atoms with van der Waals surface area (Å²) in [7, 11) is 0. The zero-order valence-corrected chi connectivity index (χ0v) is 27.1. The zero-order valence-electron chi connectivity index (χ0n) is 27.1. The number of fused-ring (bicyclic) bond motifs is 3. The summed E-state index contributed by atoms with van der Waals surface area (Å²) in [6.45, 7) is 5.32. The first-order chi connectivity index (χ1) is 23.3. The molecule has 0 spiro atoms. The van der Waals surface area contributed by atoms with Gasteiger partial charge in [0, 0.05) is 6.54 Å². The van der Waals surface area contributed by atoms with E-state index in [1.54, 1.807) is 4.90 Å². The molecule has 3 atom stereocenters. The highest BCUT2D eigenvalue weighted by Gasteiger charge is 2.37. The van der Waals surface area contributed by atoms with Gasteiger partial charge in [-0.2, -0.15) is 0 Å². The summed E-state index contributed by atoms with van der Waals surface area (Å²) in [4.78, 5) is 43.3. The third-order valence-electron chi connectivity index (χ3n) is 9.96. The summed E-state index contributed by atoms with van der Waals surface area (Å²) in [6.07, 6.45) is 2.72. The highest BCUT2D eigenvalue weighted by molar-refractivity contribution is 5.93. The van der Waals surface area contributed by atoms with E-state index in [0.29, 0.717) is 12.6 Å². The Morgan fingerprint density at radius 1 is 0.792 bits per heavy atom. The minimum atomic E-state index is -1.19. The molecular formula is C38H39N7O3. The predicted octanol–water partition coefficient (Wildman–Crippen LogP) is 7.31. The van der Waals surface area contributed by atoms with Gasteiger partial charge in [-0.05, 0) is 108 Å². The number of carbonyl (C=O) groups is 2. The van der Waals surface area contributed by atoms with Crippen molar-refractivity contribution in [1.82, 2.24) is 35.5 Å². The van der Waals surface area contributed by atoms with Gasteiger partial charge in [-0.15, -0.1) is 0 Å². The third-order valence-corrected chi connectivity index (χ3v) is 9.96. The molecule has 6 aromatic rings. The van der Waals surface area contributed by atoms with Crippen molar-refractivity contribution in [1.29, 1.82) is 0 Å². The lowest BCUT2D eigenvalue weighted by molar-refractivity contribution is -0.135. The molecule has 10 nitrogen and oxygen atoms in total. The molecule has 8 rings (SSSR count). The Morgan fingerprint density at radius 3 is 1.96 bits per heavy atom. The summed E-state index contributed by atoms with van der Waals surface area (Å²) in [5.74, 6) is 1.38. The fourth-order valence-electron chi connectivity index (χ4n) is 7.40. The molecule has 2 aliphatic heterocycles. The monoisotopic (exact) mass is 641 g/mol. The number of carbonyl (C=O) groups excluding carboxylic acids is 1. The van der Waals surface area contributed by atoms with Crippen LogP contribution in [0.25, 0.3) is 55.1 Å². The lowest BCUT2D eigenvalue weighted by Crippen LogP contribution is -2.50. The maximum absolute atomic E-state index is 13.4. The number of amides is 2. The Bertz CT molecular complexity index is 2180. The lowest BCUT2D eigenvalue weighted by atomic mass is 9.97. The van der Waals surface area contributed by atoms with E-state index in [1.807, 2.05) is 19.9 Å². The van der Waals surface area contributed by atoms with Crippen molar-refractivity contribution >= 4 is 44.8 Å². The molecule has 48 heavy (non-hydrogen) atoms. The fraction of sp³-hybridized carbons (Fsp3) is 0.316. The molecule has 0 radical (unpaired) electrons. The van der Waals surface area contributed by atoms with Crippen molar-refractivity contribution in [3.8, 4) is 22.3 Å². The van der Waals surface area contributed by atoms with E-state index in [9.17, 15) is 14.7 Å². The van der Waals surface area contributed by atoms with Crippen LogP contribution >= 0.6 is 0 Å². The molecule has 10 heteroatoms. The van der Waals surface area contributed by atoms with Crippen LogP contribution in [0.4, 0.5) is 4.79 Å². The van der Waals surface area contributed by atoms with Crippen LogP contribution in [-0.2, 0) is 4.79 Å². The SMILES string of the molecule is CC(C)[C@H](NC(=O)O)C(=O)N1CCC[C@H]1c1nc2cc(-c3ccc4cc(-c5ccc6[nH]c([C@@H]7CCCN7)nc6c5)ccc4c3)ccc2[nH]1. The number of imidazole rings is 2. The third kappa shape index (κ3) is 5.56. The number of nitrogens with zero attached hydrogens (tertiary/aromatic N) is 3. The van der Waals surface area contributed by atoms with Crippen molar-refractivity contribution in [2.75, 3.05) is 13.1 Å². The van der Waals surface area contributed by atoms with Crippen LogP contribution in [-0.4, -0.2) is 61.1 Å². The molecule has 2 aliphatic rings. The highest BCUT2D eigenvalue weighted by atomic mass is 16.4. The number of carboxylic acid groups (broad SMARTS) is 1. The van der Waals surface area contributed by atoms with Crippen molar-refractivity contribution in [3.05, 3.63) is 84.4 Å². The van der Waals surface area contributed by atoms with Gasteiger partial charge in [0.25, 0.3) is 0 Å². The normalized spacial score (nSPS) is 18.8. The molecule has 2 amide bonds. The second kappa shape index (κ2) is 12.1. The fourth-order valence-corrected chi connectivity index (χ4v) is 7.40. The molecule has 5 N–H and O–H groups in total. The standard InChI is InChI=1S/C38H39N7O3/c1-21(2)34(44-38(47)48)37(46)45-16-4-6-33(45)36-41-29-14-12-27(20-32(29)43-36)25-10-8-22-17-24(9-7-23(22)18-25)26-11-13-28-31(19-26)42-35(40-28)30-5-3-15-39-30/h7-14,17-21,30,33-34,39,44H,3-6,15-16H2,1-2H3,(H,40,42)(H,41,43)(H,47,48)/t30-,33-,34-/m0/s1. The van der Waals surface area contributed by atoms with Gasteiger partial charge >= 0.3 is 6.09 Å². The summed E-state index contributed by atoms with van der Waals surface area (Å²) < 4.78 is 0. The van der Waals surface area contributed by atoms with Gasteiger partial charge in [-0.3, -0.25) is 4.79 Å². The maximum atomic E-state index is 13.4. The van der Waals surface area contributed by atoms with Crippen LogP contribution in [0.15, 0.2) is 72.8 Å². The number of H-pyrrole nitrogens is 2. The molecule has 244 valence electrons. The van der Waals surface area contributed by atoms with Crippen LogP contribution in [0, 0.1) is 5.92 Å². The van der Waals surface area contributed by atoms with E-state index in [2.05, 4.69) is 87.3 Å². The van der Waals surface area contributed by atoms with Gasteiger partial charge in [0.15, 0.2) is 0 Å². The summed E-state index contributed by atoms with van der Waals surface area (Å²) in [5.41, 5.74) is 8.26. The first-order valence-electron chi connectivity index (χ1n) is 16.9. The molecule has 2 aromatic heterocycles. The number of aromatic amines is 2. The number of hydrogen-bond donors (Lipinski definition) is 5. The van der Waals surface area contributed by atoms with Crippen LogP contribution in [0.1, 0.15) is 63.3 Å². The number of likely N-dealkylation sites (tertiary alicyclic amines) is 1. The Morgan fingerprint density at radius 2 is 1.38 bits per heavy atom. The Hall–Kier alpha value is -5.22. The van der Waals surface area contributed by atoms with Crippen molar-refractivity contribution in [3.63, 3.8) is 0 Å². The number of benzene rings is 4. The van der Waals surface area contributed by atoms with Gasteiger partial charge in [0.05, 0.1) is 34.2 Å². The molecular weight excluding hydrogens is 602 g/mol. The minimum Gasteiger partial charge on any atom is -0.465 e. The molecule has 4 heterocycles. The van der Waals surface area contributed by atoms with Crippen molar-refractivity contribution < 1.29 is 14.7 Å². The zero-order chi connectivity index (χ0) is 32.9. The molecule has 2 saturated heterocycles. The Balaban J connectivity index is 1.03. The predicted molar refractivity (Wildman–Crippen MR) is 188 cm³/mol. The van der Waals surface area contributed by atoms with Crippen LogP contribution in [0.3, 0.4) is 0 Å². The van der Waals surface area contributed by atoms with E-state index >= 15 is 0 Å². The van der Waals surface area contributed by atoms with Crippen molar-refractivity contribution in [2.45, 2.75) is 57.7 Å². The maximum Gasteiger partial charge on any atom is 0.405 e. The molecule has 0 unspecified atom stereocenters. The molecule has 2 fully saturated rings. The summed E-state index contributed by atoms with van der Waals surface area (Å²) >= 11 is 0. The van der Waals surface area contributed by atoms with E-state index < -0.39 is 12.1 Å². The second-order valence-electron chi connectivity index (χ2n) is 13.5. The molecule has 4 aromatic carbocycles. The summed E-state index contributed by atoms with van der Waals surface area (Å²) in [6, 6.07) is 25.1. The number of nitrogens with one attached hydrogen (secondary N) is 4. The molecule has 0 aliphatic carbocycles. The van der Waals surface area contributed by atoms with E-state index in [1.165, 1.54) is 11.8 Å². The Kier molecular flexibility index (Phi) is 7.60. The van der Waals surface area contributed by atoms with Gasteiger partial charge in [-0.1, -0.05) is 50.2 Å². The summed E-state index contributed by atoms with van der Waals surface area (Å²) in [5, 5.41) is 17.6. The topological polar surface area (TPSA) is 139 Å². The Labute approximate surface area is 278 Å². The second-order valence-corrected chi connectivity index (χ2v) is 13.5. The van der Waals surface area contributed by atoms with E-state index in [4.69, 9.17) is 9.97 Å². The van der Waals surface area contributed by atoms with Crippen LogP contribution in [0.5, 0.6) is 0 Å². The smallest absolute Gasteiger partial charge is 0.405 e. The highest BCUT2D eigenvalue weighted by Crippen LogP contribution is 2.35. The van der Waals surface area contributed by atoms with Crippen LogP contribution in [0.2, 0.25) is 0 Å². The first kappa shape index (κ1) is 30.1. The average molecular weight is 642 g/mol. The number of aromatic nitrogens is 4.